The number of amides is 3. The molecular weight excluding hydrogens is 376 g/mol. The van der Waals surface area contributed by atoms with Crippen LogP contribution in [0.5, 0.6) is 0 Å². The number of carbonyl (C=O) groups excluding carboxylic acids is 3. The molecule has 7 nitrogen and oxygen atoms in total. The van der Waals surface area contributed by atoms with Gasteiger partial charge in [-0.25, -0.2) is 0 Å². The molecule has 0 spiro atoms. The fraction of sp³-hybridized carbons (Fsp3) is 0.850. The molecule has 164 valence electrons. The molecule has 2 atom stereocenters. The van der Waals surface area contributed by atoms with Gasteiger partial charge in [0.15, 0.2) is 0 Å². The molecule has 0 bridgehead atoms. The molecule has 0 aromatic rings. The molecule has 3 amide bonds. The maximum atomic E-state index is 13.2. The summed E-state index contributed by atoms with van der Waals surface area (Å²) < 4.78 is 0. The highest BCUT2D eigenvalue weighted by molar-refractivity contribution is 7.99. The highest BCUT2D eigenvalue weighted by atomic mass is 32.2. The third kappa shape index (κ3) is 8.39. The summed E-state index contributed by atoms with van der Waals surface area (Å²) in [7, 11) is 3.28. The lowest BCUT2D eigenvalue weighted by molar-refractivity contribution is -0.147. The average molecular weight is 417 g/mol. The standard InChI is InChI=1S/C20H40N4O3S/c1-8-11-17(25)22(6)16(14-28-13-12-24(9-2)10-3)20(27)23(7)18(15(4)5)19(21)26/h15-16,18H,8-14H2,1-7H3,(H2,21,26)/t16-,18+/m1/s1. The van der Waals surface area contributed by atoms with Crippen LogP contribution in [0.1, 0.15) is 47.5 Å². The molecule has 0 aliphatic rings. The third-order valence-electron chi connectivity index (χ3n) is 5.02. The molecule has 0 heterocycles. The Hall–Kier alpha value is -1.28. The second kappa shape index (κ2) is 13.8. The molecule has 0 fully saturated rings. The molecule has 0 aliphatic carbocycles. The van der Waals surface area contributed by atoms with Gasteiger partial charge in [-0.3, -0.25) is 14.4 Å². The number of likely N-dealkylation sites (N-methyl/N-ethyl adjacent to an activating group) is 2. The Morgan fingerprint density at radius 2 is 1.57 bits per heavy atom. The number of hydrogen-bond donors (Lipinski definition) is 1. The lowest BCUT2D eigenvalue weighted by Gasteiger charge is -2.35. The van der Waals surface area contributed by atoms with E-state index in [4.69, 9.17) is 5.73 Å². The highest BCUT2D eigenvalue weighted by Gasteiger charge is 2.35. The van der Waals surface area contributed by atoms with Gasteiger partial charge in [0.05, 0.1) is 0 Å². The maximum absolute atomic E-state index is 13.2. The second-order valence-electron chi connectivity index (χ2n) is 7.41. The van der Waals surface area contributed by atoms with E-state index in [-0.39, 0.29) is 17.7 Å². The number of primary amides is 1. The first-order valence-electron chi connectivity index (χ1n) is 10.2. The van der Waals surface area contributed by atoms with Gasteiger partial charge in [-0.2, -0.15) is 11.8 Å². The van der Waals surface area contributed by atoms with Crippen LogP contribution in [0.2, 0.25) is 0 Å². The summed E-state index contributed by atoms with van der Waals surface area (Å²) in [5.74, 6) is 0.466. The SMILES string of the molecule is CCCC(=O)N(C)[C@H](CSCCN(CC)CC)C(=O)N(C)[C@H](C(N)=O)C(C)C. The van der Waals surface area contributed by atoms with Crippen molar-refractivity contribution < 1.29 is 14.4 Å². The van der Waals surface area contributed by atoms with Gasteiger partial charge in [0.1, 0.15) is 12.1 Å². The molecule has 0 rings (SSSR count). The number of thioether (sulfide) groups is 1. The van der Waals surface area contributed by atoms with Crippen LogP contribution in [0.15, 0.2) is 0 Å². The van der Waals surface area contributed by atoms with E-state index in [2.05, 4.69) is 18.7 Å². The second-order valence-corrected chi connectivity index (χ2v) is 8.56. The quantitative estimate of drug-likeness (QED) is 0.435. The zero-order valence-electron chi connectivity index (χ0n) is 18.7. The summed E-state index contributed by atoms with van der Waals surface area (Å²) in [4.78, 5) is 42.7. The first kappa shape index (κ1) is 26.7. The molecule has 0 aliphatic heterocycles. The van der Waals surface area contributed by atoms with Crippen LogP contribution in [0.3, 0.4) is 0 Å². The van der Waals surface area contributed by atoms with Gasteiger partial charge in [0, 0.05) is 38.6 Å². The monoisotopic (exact) mass is 416 g/mol. The van der Waals surface area contributed by atoms with Crippen molar-refractivity contribution in [1.29, 1.82) is 0 Å². The molecule has 0 saturated heterocycles. The van der Waals surface area contributed by atoms with Crippen LogP contribution in [-0.4, -0.2) is 89.7 Å². The van der Waals surface area contributed by atoms with Crippen molar-refractivity contribution in [2.24, 2.45) is 11.7 Å². The summed E-state index contributed by atoms with van der Waals surface area (Å²) in [6.45, 7) is 12.8. The smallest absolute Gasteiger partial charge is 0.246 e. The van der Waals surface area contributed by atoms with Crippen molar-refractivity contribution in [2.75, 3.05) is 45.2 Å². The summed E-state index contributed by atoms with van der Waals surface area (Å²) in [6.07, 6.45) is 1.13. The Morgan fingerprint density at radius 3 is 2.00 bits per heavy atom. The van der Waals surface area contributed by atoms with Gasteiger partial charge in [-0.1, -0.05) is 34.6 Å². The molecule has 0 radical (unpaired) electrons. The van der Waals surface area contributed by atoms with Crippen molar-refractivity contribution in [3.63, 3.8) is 0 Å². The highest BCUT2D eigenvalue weighted by Crippen LogP contribution is 2.16. The zero-order valence-corrected chi connectivity index (χ0v) is 19.6. The van der Waals surface area contributed by atoms with E-state index in [0.29, 0.717) is 12.2 Å². The summed E-state index contributed by atoms with van der Waals surface area (Å²) >= 11 is 1.66. The minimum Gasteiger partial charge on any atom is -0.368 e. The minimum atomic E-state index is -0.689. The predicted octanol–water partition coefficient (Wildman–Crippen LogP) is 1.66. The van der Waals surface area contributed by atoms with Gasteiger partial charge < -0.3 is 20.4 Å². The van der Waals surface area contributed by atoms with Gasteiger partial charge >= 0.3 is 0 Å². The van der Waals surface area contributed by atoms with E-state index in [1.54, 1.807) is 25.9 Å². The van der Waals surface area contributed by atoms with E-state index >= 15 is 0 Å². The van der Waals surface area contributed by atoms with Gasteiger partial charge in [-0.15, -0.1) is 0 Å². The number of hydrogen-bond acceptors (Lipinski definition) is 5. The van der Waals surface area contributed by atoms with E-state index in [9.17, 15) is 14.4 Å². The Morgan fingerprint density at radius 1 is 1.00 bits per heavy atom. The van der Waals surface area contributed by atoms with Crippen molar-refractivity contribution >= 4 is 29.5 Å². The van der Waals surface area contributed by atoms with E-state index < -0.39 is 18.0 Å². The normalized spacial score (nSPS) is 13.5. The van der Waals surface area contributed by atoms with Crippen LogP contribution in [0, 0.1) is 5.92 Å². The molecule has 28 heavy (non-hydrogen) atoms. The fourth-order valence-electron chi connectivity index (χ4n) is 3.18. The predicted molar refractivity (Wildman–Crippen MR) is 117 cm³/mol. The maximum Gasteiger partial charge on any atom is 0.246 e. The van der Waals surface area contributed by atoms with Crippen LogP contribution in [0.25, 0.3) is 0 Å². The Balaban J connectivity index is 5.27. The molecule has 0 aromatic carbocycles. The number of nitrogens with two attached hydrogens (primary N) is 1. The minimum absolute atomic E-state index is 0.0567. The average Bonchev–Trinajstić information content (AvgIpc) is 2.63. The van der Waals surface area contributed by atoms with Gasteiger partial charge in [-0.05, 0) is 25.4 Å². The molecule has 0 unspecified atom stereocenters. The Bertz CT molecular complexity index is 498. The molecule has 8 heteroatoms. The van der Waals surface area contributed by atoms with Crippen LogP contribution in [-0.2, 0) is 14.4 Å². The van der Waals surface area contributed by atoms with Crippen molar-refractivity contribution in [1.82, 2.24) is 14.7 Å². The van der Waals surface area contributed by atoms with E-state index in [1.165, 1.54) is 9.80 Å². The first-order chi connectivity index (χ1) is 13.1. The number of nitrogens with zero attached hydrogens (tertiary/aromatic N) is 3. The zero-order chi connectivity index (χ0) is 21.9. The first-order valence-corrected chi connectivity index (χ1v) is 11.4. The molecular formula is C20H40N4O3S. The Kier molecular flexibility index (Phi) is 13.2. The van der Waals surface area contributed by atoms with E-state index in [0.717, 1.165) is 31.8 Å². The molecule has 0 saturated carbocycles. The summed E-state index contributed by atoms with van der Waals surface area (Å²) in [6, 6.07) is -1.29. The van der Waals surface area contributed by atoms with Crippen LogP contribution >= 0.6 is 11.8 Å². The molecule has 0 aromatic heterocycles. The fourth-order valence-corrected chi connectivity index (χ4v) is 4.32. The van der Waals surface area contributed by atoms with Gasteiger partial charge in [0.2, 0.25) is 17.7 Å². The van der Waals surface area contributed by atoms with Crippen LogP contribution < -0.4 is 5.73 Å². The van der Waals surface area contributed by atoms with Gasteiger partial charge in [0.25, 0.3) is 0 Å². The Labute approximate surface area is 175 Å². The van der Waals surface area contributed by atoms with Crippen LogP contribution in [0.4, 0.5) is 0 Å². The largest absolute Gasteiger partial charge is 0.368 e. The number of carbonyl (C=O) groups is 3. The van der Waals surface area contributed by atoms with Crippen molar-refractivity contribution in [3.8, 4) is 0 Å². The summed E-state index contributed by atoms with van der Waals surface area (Å²) in [5.41, 5.74) is 5.52. The molecule has 2 N–H and O–H groups in total. The summed E-state index contributed by atoms with van der Waals surface area (Å²) in [5, 5.41) is 0. The number of rotatable bonds is 14. The lowest BCUT2D eigenvalue weighted by Crippen LogP contribution is -2.56. The van der Waals surface area contributed by atoms with E-state index in [1.807, 2.05) is 20.8 Å². The van der Waals surface area contributed by atoms with Crippen molar-refractivity contribution in [2.45, 2.75) is 59.5 Å². The van der Waals surface area contributed by atoms with Crippen molar-refractivity contribution in [3.05, 3.63) is 0 Å². The lowest BCUT2D eigenvalue weighted by atomic mass is 10.0. The topological polar surface area (TPSA) is 87.0 Å². The third-order valence-corrected chi connectivity index (χ3v) is 6.04.